The standard InChI is InChI=1S/C16H21N3O6S2/c1-18(2)14-12(9-26(4,22)23)10(6-7-13(14)27(5,24)25)15(20)11-8-17-19(3)16(11)21/h6-8,17H,9H2,1-5H3. The van der Waals surface area contributed by atoms with Crippen molar-refractivity contribution in [2.24, 2.45) is 7.05 Å². The number of benzene rings is 1. The Morgan fingerprint density at radius 2 is 1.70 bits per heavy atom. The van der Waals surface area contributed by atoms with Crippen molar-refractivity contribution in [3.05, 3.63) is 45.4 Å². The summed E-state index contributed by atoms with van der Waals surface area (Å²) in [7, 11) is -2.74. The Hall–Kier alpha value is -2.40. The highest BCUT2D eigenvalue weighted by atomic mass is 32.2. The van der Waals surface area contributed by atoms with Gasteiger partial charge < -0.3 is 10.00 Å². The number of aromatic nitrogens is 2. The monoisotopic (exact) mass is 415 g/mol. The summed E-state index contributed by atoms with van der Waals surface area (Å²) in [5, 5.41) is 2.59. The average molecular weight is 415 g/mol. The van der Waals surface area contributed by atoms with Crippen LogP contribution < -0.4 is 10.5 Å². The number of anilines is 1. The molecule has 0 aliphatic carbocycles. The normalized spacial score (nSPS) is 12.2. The van der Waals surface area contributed by atoms with E-state index in [1.807, 2.05) is 0 Å². The van der Waals surface area contributed by atoms with Gasteiger partial charge in [0.1, 0.15) is 5.56 Å². The van der Waals surface area contributed by atoms with Crippen LogP contribution in [0.5, 0.6) is 0 Å². The summed E-state index contributed by atoms with van der Waals surface area (Å²) < 4.78 is 49.4. The first-order valence-corrected chi connectivity index (χ1v) is 11.7. The third kappa shape index (κ3) is 4.30. The van der Waals surface area contributed by atoms with Crippen LogP contribution in [0, 0.1) is 0 Å². The minimum Gasteiger partial charge on any atom is -0.376 e. The number of hydrogen-bond acceptors (Lipinski definition) is 7. The zero-order valence-corrected chi connectivity index (χ0v) is 17.2. The lowest BCUT2D eigenvalue weighted by Gasteiger charge is -2.22. The minimum atomic E-state index is -3.69. The van der Waals surface area contributed by atoms with Crippen molar-refractivity contribution in [3.8, 4) is 0 Å². The predicted molar refractivity (Wildman–Crippen MR) is 102 cm³/mol. The summed E-state index contributed by atoms with van der Waals surface area (Å²) in [6.45, 7) is 0. The van der Waals surface area contributed by atoms with Crippen LogP contribution >= 0.6 is 0 Å². The van der Waals surface area contributed by atoms with Gasteiger partial charge in [-0.05, 0) is 12.1 Å². The van der Waals surface area contributed by atoms with E-state index >= 15 is 0 Å². The lowest BCUT2D eigenvalue weighted by Crippen LogP contribution is -2.23. The van der Waals surface area contributed by atoms with Crippen molar-refractivity contribution in [1.82, 2.24) is 9.78 Å². The molecule has 11 heteroatoms. The summed E-state index contributed by atoms with van der Waals surface area (Å²) in [6.07, 6.45) is 3.22. The van der Waals surface area contributed by atoms with E-state index in [2.05, 4.69) is 5.10 Å². The van der Waals surface area contributed by atoms with E-state index in [-0.39, 0.29) is 27.3 Å². The van der Waals surface area contributed by atoms with E-state index in [4.69, 9.17) is 0 Å². The average Bonchev–Trinajstić information content (AvgIpc) is 2.83. The number of nitrogens with one attached hydrogen (secondary N) is 1. The predicted octanol–water partition coefficient (Wildman–Crippen LogP) is -0.0415. The first-order chi connectivity index (χ1) is 12.2. The fraction of sp³-hybridized carbons (Fsp3) is 0.375. The lowest BCUT2D eigenvalue weighted by atomic mass is 9.99. The SMILES string of the molecule is CN(C)c1c(S(C)(=O)=O)ccc(C(=O)c2c[nH]n(C)c2=O)c1CS(C)(=O)=O. The summed E-state index contributed by atoms with van der Waals surface area (Å²) in [4.78, 5) is 26.4. The molecule has 0 radical (unpaired) electrons. The Labute approximate surface area is 157 Å². The Balaban J connectivity index is 2.89. The molecule has 2 rings (SSSR count). The Kier molecular flexibility index (Phi) is 5.39. The minimum absolute atomic E-state index is 0.0341. The smallest absolute Gasteiger partial charge is 0.277 e. The molecular weight excluding hydrogens is 394 g/mol. The largest absolute Gasteiger partial charge is 0.376 e. The Morgan fingerprint density at radius 1 is 1.11 bits per heavy atom. The Bertz CT molecular complexity index is 1170. The topological polar surface area (TPSA) is 126 Å². The molecule has 0 spiro atoms. The van der Waals surface area contributed by atoms with Crippen LogP contribution in [0.2, 0.25) is 0 Å². The molecule has 1 aromatic heterocycles. The maximum absolute atomic E-state index is 12.9. The van der Waals surface area contributed by atoms with E-state index in [1.165, 1.54) is 30.3 Å². The number of hydrogen-bond donors (Lipinski definition) is 1. The number of sulfone groups is 2. The number of nitrogens with zero attached hydrogens (tertiary/aromatic N) is 2. The third-order valence-corrected chi connectivity index (χ3v) is 5.87. The van der Waals surface area contributed by atoms with E-state index in [0.29, 0.717) is 0 Å². The molecule has 0 unspecified atom stereocenters. The number of H-pyrrole nitrogens is 1. The number of rotatable bonds is 6. The van der Waals surface area contributed by atoms with Crippen molar-refractivity contribution in [2.75, 3.05) is 31.5 Å². The molecule has 0 amide bonds. The molecule has 1 aromatic carbocycles. The molecule has 0 fully saturated rings. The van der Waals surface area contributed by atoms with Gasteiger partial charge in [-0.1, -0.05) is 0 Å². The maximum atomic E-state index is 12.9. The van der Waals surface area contributed by atoms with Gasteiger partial charge in [-0.2, -0.15) is 0 Å². The molecule has 0 saturated carbocycles. The van der Waals surface area contributed by atoms with Crippen LogP contribution in [-0.2, 0) is 32.5 Å². The number of carbonyl (C=O) groups excluding carboxylic acids is 1. The molecule has 2 aromatic rings. The van der Waals surface area contributed by atoms with Crippen molar-refractivity contribution >= 4 is 31.1 Å². The molecule has 0 atom stereocenters. The number of ketones is 1. The first kappa shape index (κ1) is 20.9. The number of aryl methyl sites for hydroxylation is 1. The highest BCUT2D eigenvalue weighted by molar-refractivity contribution is 7.91. The fourth-order valence-electron chi connectivity index (χ4n) is 2.80. The molecule has 27 heavy (non-hydrogen) atoms. The van der Waals surface area contributed by atoms with Crippen molar-refractivity contribution < 1.29 is 21.6 Å². The second kappa shape index (κ2) is 6.97. The van der Waals surface area contributed by atoms with Gasteiger partial charge in [0.05, 0.1) is 16.3 Å². The van der Waals surface area contributed by atoms with Gasteiger partial charge in [0.2, 0.25) is 5.78 Å². The van der Waals surface area contributed by atoms with Crippen LogP contribution in [0.15, 0.2) is 28.0 Å². The summed E-state index contributed by atoms with van der Waals surface area (Å²) in [5.74, 6) is -1.23. The van der Waals surface area contributed by atoms with Gasteiger partial charge in [0.25, 0.3) is 5.56 Å². The third-order valence-electron chi connectivity index (χ3n) is 3.93. The zero-order chi connectivity index (χ0) is 20.7. The second-order valence-corrected chi connectivity index (χ2v) is 10.7. The van der Waals surface area contributed by atoms with Gasteiger partial charge in [0.15, 0.2) is 19.7 Å². The quantitative estimate of drug-likeness (QED) is 0.656. The summed E-state index contributed by atoms with van der Waals surface area (Å²) in [5.41, 5.74) is -0.610. The van der Waals surface area contributed by atoms with Crippen LogP contribution in [0.1, 0.15) is 21.5 Å². The molecule has 0 bridgehead atoms. The van der Waals surface area contributed by atoms with E-state index in [9.17, 15) is 26.4 Å². The summed E-state index contributed by atoms with van der Waals surface area (Å²) in [6, 6.07) is 2.50. The van der Waals surface area contributed by atoms with Gasteiger partial charge in [-0.25, -0.2) is 16.8 Å². The van der Waals surface area contributed by atoms with Crippen LogP contribution in [0.4, 0.5) is 5.69 Å². The summed E-state index contributed by atoms with van der Waals surface area (Å²) >= 11 is 0. The molecule has 0 saturated heterocycles. The molecule has 148 valence electrons. The first-order valence-electron chi connectivity index (χ1n) is 7.74. The molecule has 0 aliphatic rings. The van der Waals surface area contributed by atoms with Crippen molar-refractivity contribution in [3.63, 3.8) is 0 Å². The fourth-order valence-corrected chi connectivity index (χ4v) is 4.58. The van der Waals surface area contributed by atoms with Crippen LogP contribution in [0.25, 0.3) is 0 Å². The number of aromatic amines is 1. The van der Waals surface area contributed by atoms with E-state index < -0.39 is 36.8 Å². The maximum Gasteiger partial charge on any atom is 0.277 e. The second-order valence-electron chi connectivity index (χ2n) is 6.56. The van der Waals surface area contributed by atoms with Crippen LogP contribution in [-0.4, -0.2) is 59.0 Å². The molecule has 1 heterocycles. The van der Waals surface area contributed by atoms with Crippen LogP contribution in [0.3, 0.4) is 0 Å². The van der Waals surface area contributed by atoms with E-state index in [0.717, 1.165) is 17.2 Å². The Morgan fingerprint density at radius 3 is 2.11 bits per heavy atom. The van der Waals surface area contributed by atoms with Crippen molar-refractivity contribution in [1.29, 1.82) is 0 Å². The highest BCUT2D eigenvalue weighted by Gasteiger charge is 2.27. The van der Waals surface area contributed by atoms with Gasteiger partial charge in [-0.15, -0.1) is 0 Å². The number of carbonyl (C=O) groups is 1. The molecule has 9 nitrogen and oxygen atoms in total. The lowest BCUT2D eigenvalue weighted by molar-refractivity contribution is 0.103. The molecule has 0 aliphatic heterocycles. The van der Waals surface area contributed by atoms with E-state index in [1.54, 1.807) is 14.1 Å². The highest BCUT2D eigenvalue weighted by Crippen LogP contribution is 2.33. The van der Waals surface area contributed by atoms with Crippen molar-refractivity contribution in [2.45, 2.75) is 10.6 Å². The van der Waals surface area contributed by atoms with Gasteiger partial charge in [-0.3, -0.25) is 14.3 Å². The molecule has 1 N–H and O–H groups in total. The van der Waals surface area contributed by atoms with Gasteiger partial charge >= 0.3 is 0 Å². The molecular formula is C16H21N3O6S2. The zero-order valence-electron chi connectivity index (χ0n) is 15.6. The van der Waals surface area contributed by atoms with Gasteiger partial charge in [0, 0.05) is 51.0 Å².